The van der Waals surface area contributed by atoms with Crippen LogP contribution in [0.1, 0.15) is 25.0 Å². The minimum absolute atomic E-state index is 0.0166. The summed E-state index contributed by atoms with van der Waals surface area (Å²) >= 11 is 0. The van der Waals surface area contributed by atoms with Gasteiger partial charge >= 0.3 is 0 Å². The zero-order valence-corrected chi connectivity index (χ0v) is 17.7. The number of nitro groups is 1. The number of amides is 1. The van der Waals surface area contributed by atoms with Crippen LogP contribution in [0.4, 0.5) is 17.1 Å². The van der Waals surface area contributed by atoms with Crippen molar-refractivity contribution in [1.29, 1.82) is 0 Å². The van der Waals surface area contributed by atoms with E-state index in [2.05, 4.69) is 46.3 Å². The van der Waals surface area contributed by atoms with Gasteiger partial charge in [-0.05, 0) is 51.0 Å². The smallest absolute Gasteiger partial charge is 0.269 e. The molecule has 0 saturated carbocycles. The predicted molar refractivity (Wildman–Crippen MR) is 118 cm³/mol. The van der Waals surface area contributed by atoms with Crippen LogP contribution in [-0.4, -0.2) is 42.5 Å². The van der Waals surface area contributed by atoms with Crippen molar-refractivity contribution in [1.82, 2.24) is 5.32 Å². The molecule has 0 aromatic heterocycles. The summed E-state index contributed by atoms with van der Waals surface area (Å²) in [5.41, 5.74) is 4.36. The molecular formula is C23H28N4O3. The van der Waals surface area contributed by atoms with E-state index in [0.29, 0.717) is 6.42 Å². The van der Waals surface area contributed by atoms with E-state index in [-0.39, 0.29) is 34.5 Å². The van der Waals surface area contributed by atoms with Crippen molar-refractivity contribution in [3.8, 4) is 0 Å². The Morgan fingerprint density at radius 2 is 1.90 bits per heavy atom. The van der Waals surface area contributed by atoms with Gasteiger partial charge in [0, 0.05) is 49.2 Å². The Kier molecular flexibility index (Phi) is 5.37. The number of non-ortho nitro benzene ring substituents is 1. The Labute approximate surface area is 176 Å². The van der Waals surface area contributed by atoms with Gasteiger partial charge in [-0.25, -0.2) is 0 Å². The van der Waals surface area contributed by atoms with Crippen LogP contribution in [-0.2, 0) is 11.2 Å². The summed E-state index contributed by atoms with van der Waals surface area (Å²) in [6.45, 7) is 8.35. The van der Waals surface area contributed by atoms with Crippen LogP contribution < -0.4 is 15.1 Å². The number of rotatable bonds is 4. The van der Waals surface area contributed by atoms with E-state index < -0.39 is 0 Å². The molecule has 0 spiro atoms. The Hall–Kier alpha value is -3.09. The van der Waals surface area contributed by atoms with E-state index in [4.69, 9.17) is 0 Å². The quantitative estimate of drug-likeness (QED) is 0.620. The van der Waals surface area contributed by atoms with Crippen LogP contribution in [0, 0.1) is 23.0 Å². The lowest BCUT2D eigenvalue weighted by Crippen LogP contribution is -2.61. The molecule has 2 aliphatic rings. The van der Waals surface area contributed by atoms with E-state index in [0.717, 1.165) is 36.6 Å². The van der Waals surface area contributed by atoms with Crippen LogP contribution in [0.5, 0.6) is 0 Å². The second-order valence-corrected chi connectivity index (χ2v) is 8.59. The van der Waals surface area contributed by atoms with Gasteiger partial charge in [0.2, 0.25) is 5.91 Å². The molecular weight excluding hydrogens is 380 g/mol. The number of hydrogen-bond donors (Lipinski definition) is 1. The lowest BCUT2D eigenvalue weighted by Gasteiger charge is -2.49. The molecule has 2 aliphatic heterocycles. The van der Waals surface area contributed by atoms with Gasteiger partial charge in [-0.3, -0.25) is 14.9 Å². The number of benzene rings is 2. The van der Waals surface area contributed by atoms with Gasteiger partial charge < -0.3 is 15.1 Å². The van der Waals surface area contributed by atoms with Crippen LogP contribution in [0.25, 0.3) is 0 Å². The average molecular weight is 409 g/mol. The second kappa shape index (κ2) is 7.97. The van der Waals surface area contributed by atoms with Crippen molar-refractivity contribution in [3.05, 3.63) is 63.7 Å². The first-order valence-corrected chi connectivity index (χ1v) is 10.5. The Balaban J connectivity index is 1.68. The number of carbonyl (C=O) groups excluding carboxylic acids is 1. The third-order valence-electron chi connectivity index (χ3n) is 6.07. The van der Waals surface area contributed by atoms with Crippen LogP contribution in [0.3, 0.4) is 0 Å². The van der Waals surface area contributed by atoms with Crippen LogP contribution >= 0.6 is 0 Å². The number of nitro benzene ring substituents is 1. The first-order valence-electron chi connectivity index (χ1n) is 10.5. The molecule has 2 atom stereocenters. The molecule has 0 bridgehead atoms. The van der Waals surface area contributed by atoms with Crippen molar-refractivity contribution in [2.45, 2.75) is 39.3 Å². The Morgan fingerprint density at radius 3 is 2.57 bits per heavy atom. The predicted octanol–water partition coefficient (Wildman–Crippen LogP) is 3.30. The van der Waals surface area contributed by atoms with E-state index in [1.807, 2.05) is 19.9 Å². The molecule has 4 rings (SSSR count). The zero-order chi connectivity index (χ0) is 21.4. The zero-order valence-electron chi connectivity index (χ0n) is 17.7. The van der Waals surface area contributed by atoms with E-state index in [1.54, 1.807) is 12.1 Å². The first kappa shape index (κ1) is 20.2. The number of hydrogen-bond acceptors (Lipinski definition) is 5. The summed E-state index contributed by atoms with van der Waals surface area (Å²) in [5.74, 6) is -0.238. The highest BCUT2D eigenvalue weighted by Gasteiger charge is 2.42. The fourth-order valence-corrected chi connectivity index (χ4v) is 4.60. The minimum atomic E-state index is -0.370. The molecule has 1 saturated heterocycles. The van der Waals surface area contributed by atoms with Crippen molar-refractivity contribution in [2.75, 3.05) is 29.4 Å². The molecule has 0 aliphatic carbocycles. The molecule has 1 amide bonds. The molecule has 2 aromatic carbocycles. The van der Waals surface area contributed by atoms with Gasteiger partial charge in [0.05, 0.1) is 16.9 Å². The van der Waals surface area contributed by atoms with Gasteiger partial charge in [-0.1, -0.05) is 17.7 Å². The Morgan fingerprint density at radius 1 is 1.17 bits per heavy atom. The topological polar surface area (TPSA) is 78.7 Å². The standard InChI is InChI=1S/C23H28N4O3/c1-15(2)24-23(28)20-13-17-12-19(27(29)30)8-9-21(17)26-11-10-25(14-22(20)26)18-6-4-16(3)5-7-18/h4-9,12,15,20,22H,10-11,13-14H2,1-3H3,(H,24,28). The first-order chi connectivity index (χ1) is 14.3. The van der Waals surface area contributed by atoms with E-state index in [1.165, 1.54) is 5.56 Å². The molecule has 7 nitrogen and oxygen atoms in total. The van der Waals surface area contributed by atoms with Crippen LogP contribution in [0.2, 0.25) is 0 Å². The molecule has 2 unspecified atom stereocenters. The van der Waals surface area contributed by atoms with Gasteiger partial charge in [-0.2, -0.15) is 0 Å². The fourth-order valence-electron chi connectivity index (χ4n) is 4.60. The normalized spacial score (nSPS) is 20.5. The summed E-state index contributed by atoms with van der Waals surface area (Å²) < 4.78 is 0. The number of piperazine rings is 1. The summed E-state index contributed by atoms with van der Waals surface area (Å²) in [7, 11) is 0. The third kappa shape index (κ3) is 3.84. The van der Waals surface area contributed by atoms with Crippen molar-refractivity contribution < 1.29 is 9.72 Å². The second-order valence-electron chi connectivity index (χ2n) is 8.59. The SMILES string of the molecule is Cc1ccc(N2CCN3c4ccc([N+](=O)[O-])cc4CC(C(=O)NC(C)C)C3C2)cc1. The number of carbonyl (C=O) groups is 1. The molecule has 30 heavy (non-hydrogen) atoms. The highest BCUT2D eigenvalue weighted by molar-refractivity contribution is 5.82. The number of nitrogens with one attached hydrogen (secondary N) is 1. The molecule has 2 aromatic rings. The average Bonchev–Trinajstić information content (AvgIpc) is 2.72. The van der Waals surface area contributed by atoms with E-state index in [9.17, 15) is 14.9 Å². The molecule has 158 valence electrons. The summed E-state index contributed by atoms with van der Waals surface area (Å²) in [5, 5.41) is 14.3. The maximum atomic E-state index is 13.1. The lowest BCUT2D eigenvalue weighted by atomic mass is 9.83. The van der Waals surface area contributed by atoms with Crippen LogP contribution in [0.15, 0.2) is 42.5 Å². The largest absolute Gasteiger partial charge is 0.368 e. The summed E-state index contributed by atoms with van der Waals surface area (Å²) in [6, 6.07) is 13.6. The molecule has 7 heteroatoms. The van der Waals surface area contributed by atoms with Crippen molar-refractivity contribution in [3.63, 3.8) is 0 Å². The Bertz CT molecular complexity index is 957. The van der Waals surface area contributed by atoms with Gasteiger partial charge in [-0.15, -0.1) is 0 Å². The van der Waals surface area contributed by atoms with Gasteiger partial charge in [0.1, 0.15) is 0 Å². The minimum Gasteiger partial charge on any atom is -0.368 e. The molecule has 0 radical (unpaired) electrons. The number of fused-ring (bicyclic) bond motifs is 3. The van der Waals surface area contributed by atoms with Gasteiger partial charge in [0.15, 0.2) is 0 Å². The highest BCUT2D eigenvalue weighted by atomic mass is 16.6. The summed E-state index contributed by atoms with van der Waals surface area (Å²) in [4.78, 5) is 28.6. The fraction of sp³-hybridized carbons (Fsp3) is 0.435. The highest BCUT2D eigenvalue weighted by Crippen LogP contribution is 2.38. The lowest BCUT2D eigenvalue weighted by molar-refractivity contribution is -0.384. The monoisotopic (exact) mass is 408 g/mol. The number of nitrogens with zero attached hydrogens (tertiary/aromatic N) is 3. The third-order valence-corrected chi connectivity index (χ3v) is 6.07. The van der Waals surface area contributed by atoms with E-state index >= 15 is 0 Å². The molecule has 1 fully saturated rings. The maximum Gasteiger partial charge on any atom is 0.269 e. The van der Waals surface area contributed by atoms with Gasteiger partial charge in [0.25, 0.3) is 5.69 Å². The summed E-state index contributed by atoms with van der Waals surface area (Å²) in [6.07, 6.45) is 0.512. The van der Waals surface area contributed by atoms with Crippen molar-refractivity contribution in [2.24, 2.45) is 5.92 Å². The molecule has 2 heterocycles. The number of anilines is 2. The molecule has 1 N–H and O–H groups in total. The van der Waals surface area contributed by atoms with Crippen molar-refractivity contribution >= 4 is 23.0 Å². The maximum absolute atomic E-state index is 13.1. The number of aryl methyl sites for hydroxylation is 1.